The van der Waals surface area contributed by atoms with E-state index < -0.39 is 0 Å². The molecular weight excluding hydrogens is 476 g/mol. The molecule has 3 rings (SSSR count). The highest BCUT2D eigenvalue weighted by Crippen LogP contribution is 2.33. The topological polar surface area (TPSA) is 90.3 Å². The van der Waals surface area contributed by atoms with Gasteiger partial charge in [0.05, 0.1) is 0 Å². The summed E-state index contributed by atoms with van der Waals surface area (Å²) in [4.78, 5) is 22.1. The molecule has 1 aromatic rings. The Morgan fingerprint density at radius 2 is 1.95 bits per heavy atom. The average molecular weight is 529 g/mol. The second kappa shape index (κ2) is 20.3. The minimum absolute atomic E-state index is 0.0847. The number of likely N-dealkylation sites (tertiary alicyclic amines) is 1. The number of aliphatic imine (C=N–C) groups is 2. The van der Waals surface area contributed by atoms with Crippen molar-refractivity contribution in [3.8, 4) is 0 Å². The Morgan fingerprint density at radius 1 is 1.26 bits per heavy atom. The van der Waals surface area contributed by atoms with Crippen LogP contribution in [0.25, 0.3) is 0 Å². The van der Waals surface area contributed by atoms with E-state index >= 15 is 0 Å². The van der Waals surface area contributed by atoms with Gasteiger partial charge in [-0.3, -0.25) is 9.79 Å². The molecule has 0 aliphatic carbocycles. The highest BCUT2D eigenvalue weighted by Gasteiger charge is 2.22. The number of nitrogens with zero attached hydrogens (tertiary/aromatic N) is 3. The highest BCUT2D eigenvalue weighted by molar-refractivity contribution is 6.38. The van der Waals surface area contributed by atoms with E-state index in [1.807, 2.05) is 27.7 Å². The van der Waals surface area contributed by atoms with Crippen molar-refractivity contribution in [2.45, 2.75) is 72.3 Å². The summed E-state index contributed by atoms with van der Waals surface area (Å²) in [7, 11) is 3.40. The molecule has 2 heterocycles. The maximum atomic E-state index is 11.8. The molecule has 2 aliphatic heterocycles. The number of benzene rings is 1. The van der Waals surface area contributed by atoms with Crippen LogP contribution in [-0.2, 0) is 9.53 Å². The third kappa shape index (κ3) is 13.7. The Hall–Kier alpha value is -2.71. The van der Waals surface area contributed by atoms with Crippen LogP contribution in [0.2, 0.25) is 0 Å². The first-order chi connectivity index (χ1) is 18.4. The fraction of sp³-hybridized carbons (Fsp3) is 0.633. The van der Waals surface area contributed by atoms with Gasteiger partial charge in [-0.1, -0.05) is 18.2 Å². The van der Waals surface area contributed by atoms with Crippen molar-refractivity contribution in [1.29, 1.82) is 0 Å². The quantitative estimate of drug-likeness (QED) is 0.357. The standard InChI is InChI=1S/C14H20N2.C13H25N3O2.C3H7N/c1-2-6-14-13(5-1)12(11-15-14)7-10-16-8-3-4-9-16;1-6-14-11(3)9-15-12(4)13(17)16-10(2)7-8-18-5;1-3-4-2/h1-2,5-6,12,15H,3-4,7-11H2;9-10,14H,6-8H2,1-5H3,(H,16,17);3H,1-2H3/b;11-9+,15-12?;. The lowest BCUT2D eigenvalue weighted by Crippen LogP contribution is -2.37. The number of anilines is 1. The molecule has 1 amide bonds. The number of amides is 1. The first-order valence-electron chi connectivity index (χ1n) is 14.0. The Balaban J connectivity index is 0.000000334. The van der Waals surface area contributed by atoms with Gasteiger partial charge in [0.15, 0.2) is 0 Å². The van der Waals surface area contributed by atoms with Gasteiger partial charge >= 0.3 is 0 Å². The number of carbonyl (C=O) groups is 1. The summed E-state index contributed by atoms with van der Waals surface area (Å²) in [5.74, 6) is 0.593. The monoisotopic (exact) mass is 528 g/mol. The summed E-state index contributed by atoms with van der Waals surface area (Å²) in [6.07, 6.45) is 8.32. The molecule has 1 saturated heterocycles. The van der Waals surface area contributed by atoms with Gasteiger partial charge in [-0.05, 0) is 97.8 Å². The van der Waals surface area contributed by atoms with E-state index in [0.29, 0.717) is 12.3 Å². The fourth-order valence-electron chi connectivity index (χ4n) is 4.23. The number of allylic oxidation sites excluding steroid dienone is 1. The van der Waals surface area contributed by atoms with Crippen LogP contribution in [0.15, 0.2) is 46.1 Å². The van der Waals surface area contributed by atoms with Crippen molar-refractivity contribution >= 4 is 23.5 Å². The van der Waals surface area contributed by atoms with Crippen molar-refractivity contribution in [1.82, 2.24) is 15.5 Å². The number of hydrogen-bond acceptors (Lipinski definition) is 7. The van der Waals surface area contributed by atoms with Crippen molar-refractivity contribution < 1.29 is 9.53 Å². The van der Waals surface area contributed by atoms with E-state index in [0.717, 1.165) is 31.1 Å². The number of ether oxygens (including phenoxy) is 1. The first-order valence-corrected chi connectivity index (χ1v) is 14.0. The van der Waals surface area contributed by atoms with E-state index in [2.05, 4.69) is 55.1 Å². The summed E-state index contributed by atoms with van der Waals surface area (Å²) >= 11 is 0. The second-order valence-electron chi connectivity index (χ2n) is 9.73. The third-order valence-electron chi connectivity index (χ3n) is 6.56. The minimum atomic E-state index is -0.140. The molecule has 2 atom stereocenters. The van der Waals surface area contributed by atoms with E-state index in [9.17, 15) is 4.79 Å². The number of para-hydroxylation sites is 1. The van der Waals surface area contributed by atoms with Crippen LogP contribution in [0.4, 0.5) is 5.69 Å². The lowest BCUT2D eigenvalue weighted by Gasteiger charge is -2.17. The molecule has 8 heteroatoms. The number of nitrogens with one attached hydrogen (secondary N) is 3. The number of hydrogen-bond donors (Lipinski definition) is 3. The van der Waals surface area contributed by atoms with Crippen LogP contribution in [0.5, 0.6) is 0 Å². The lowest BCUT2D eigenvalue weighted by atomic mass is 9.98. The Labute approximate surface area is 231 Å². The smallest absolute Gasteiger partial charge is 0.265 e. The van der Waals surface area contributed by atoms with Gasteiger partial charge in [-0.15, -0.1) is 0 Å². The largest absolute Gasteiger partial charge is 0.388 e. The van der Waals surface area contributed by atoms with Crippen LogP contribution >= 0.6 is 0 Å². The molecule has 0 bridgehead atoms. The van der Waals surface area contributed by atoms with E-state index in [1.54, 1.807) is 33.5 Å². The van der Waals surface area contributed by atoms with Crippen molar-refractivity contribution in [3.63, 3.8) is 0 Å². The van der Waals surface area contributed by atoms with Crippen LogP contribution in [-0.4, -0.2) is 82.3 Å². The zero-order chi connectivity index (χ0) is 28.2. The van der Waals surface area contributed by atoms with E-state index in [4.69, 9.17) is 4.74 Å². The molecule has 1 aromatic carbocycles. The molecular formula is C30H52N6O2. The van der Waals surface area contributed by atoms with E-state index in [1.165, 1.54) is 50.1 Å². The van der Waals surface area contributed by atoms with Gasteiger partial charge in [-0.25, -0.2) is 0 Å². The van der Waals surface area contributed by atoms with Gasteiger partial charge in [0.1, 0.15) is 5.71 Å². The summed E-state index contributed by atoms with van der Waals surface area (Å²) in [5.41, 5.74) is 4.28. The second-order valence-corrected chi connectivity index (χ2v) is 9.73. The first kappa shape index (κ1) is 33.3. The van der Waals surface area contributed by atoms with Crippen LogP contribution in [0.3, 0.4) is 0 Å². The molecule has 8 nitrogen and oxygen atoms in total. The minimum Gasteiger partial charge on any atom is -0.388 e. The summed E-state index contributed by atoms with van der Waals surface area (Å²) in [5, 5.41) is 9.49. The molecule has 214 valence electrons. The molecule has 1 fully saturated rings. The van der Waals surface area contributed by atoms with Crippen molar-refractivity contribution in [2.75, 3.05) is 58.8 Å². The normalized spacial score (nSPS) is 18.0. The summed E-state index contributed by atoms with van der Waals surface area (Å²) in [6, 6.07) is 8.85. The molecule has 3 N–H and O–H groups in total. The molecule has 38 heavy (non-hydrogen) atoms. The summed E-state index contributed by atoms with van der Waals surface area (Å²) in [6.45, 7) is 16.0. The van der Waals surface area contributed by atoms with Crippen LogP contribution in [0.1, 0.15) is 71.8 Å². The van der Waals surface area contributed by atoms with Gasteiger partial charge in [0, 0.05) is 63.4 Å². The van der Waals surface area contributed by atoms with Gasteiger partial charge in [0.25, 0.3) is 5.91 Å². The maximum Gasteiger partial charge on any atom is 0.265 e. The summed E-state index contributed by atoms with van der Waals surface area (Å²) < 4.78 is 4.96. The number of methoxy groups -OCH3 is 1. The van der Waals surface area contributed by atoms with Crippen LogP contribution in [0, 0.1) is 0 Å². The molecule has 2 aliphatic rings. The predicted octanol–water partition coefficient (Wildman–Crippen LogP) is 4.85. The SMILES string of the molecule is CC=NC.CCN/C(C)=C/N=C(C)C(=O)NC(C)CCOC.c1ccc2c(c1)NCC2CCN1CCCC1. The molecule has 0 aromatic heterocycles. The molecule has 0 saturated carbocycles. The fourth-order valence-corrected chi connectivity index (χ4v) is 4.23. The highest BCUT2D eigenvalue weighted by atomic mass is 16.5. The Kier molecular flexibility index (Phi) is 17.8. The van der Waals surface area contributed by atoms with Crippen LogP contribution < -0.4 is 16.0 Å². The Morgan fingerprint density at radius 3 is 2.58 bits per heavy atom. The maximum absolute atomic E-state index is 11.8. The predicted molar refractivity (Wildman–Crippen MR) is 163 cm³/mol. The van der Waals surface area contributed by atoms with Crippen molar-refractivity contribution in [3.05, 3.63) is 41.7 Å². The molecule has 2 unspecified atom stereocenters. The lowest BCUT2D eigenvalue weighted by molar-refractivity contribution is -0.115. The zero-order valence-corrected chi connectivity index (χ0v) is 24.8. The number of carbonyl (C=O) groups excluding carboxylic acids is 1. The number of rotatable bonds is 11. The van der Waals surface area contributed by atoms with Gasteiger partial charge < -0.3 is 30.6 Å². The van der Waals surface area contributed by atoms with E-state index in [-0.39, 0.29) is 11.9 Å². The zero-order valence-electron chi connectivity index (χ0n) is 24.8. The van der Waals surface area contributed by atoms with Gasteiger partial charge in [-0.2, -0.15) is 0 Å². The Bertz CT molecular complexity index is 873. The third-order valence-corrected chi connectivity index (χ3v) is 6.56. The molecule has 0 spiro atoms. The molecule has 0 radical (unpaired) electrons. The van der Waals surface area contributed by atoms with Crippen molar-refractivity contribution in [2.24, 2.45) is 9.98 Å². The average Bonchev–Trinajstić information content (AvgIpc) is 3.60. The van der Waals surface area contributed by atoms with Gasteiger partial charge in [0.2, 0.25) is 0 Å². The number of fused-ring (bicyclic) bond motifs is 1.